The molecule has 21 heavy (non-hydrogen) atoms. The Balaban J connectivity index is 1.40. The zero-order valence-corrected chi connectivity index (χ0v) is 12.1. The average Bonchev–Trinajstić information content (AvgIpc) is 3.25. The summed E-state index contributed by atoms with van der Waals surface area (Å²) in [7, 11) is 0. The largest absolute Gasteiger partial charge is 0.364 e. The number of hydrogen-bond acceptors (Lipinski definition) is 5. The first-order valence-corrected chi connectivity index (χ1v) is 7.55. The molecule has 0 unspecified atom stereocenters. The normalized spacial score (nSPS) is 14.1. The molecular formula is C14H15N3O3S. The topological polar surface area (TPSA) is 80.3 Å². The number of carbonyl (C=O) groups is 2. The predicted octanol–water partition coefficient (Wildman–Crippen LogP) is 1.37. The maximum atomic E-state index is 11.5. The van der Waals surface area contributed by atoms with E-state index in [2.05, 4.69) is 15.8 Å². The number of hydrazine groups is 1. The van der Waals surface area contributed by atoms with Crippen LogP contribution in [-0.4, -0.2) is 23.4 Å². The molecule has 1 aliphatic rings. The van der Waals surface area contributed by atoms with Crippen molar-refractivity contribution in [1.82, 2.24) is 15.8 Å². The minimum Gasteiger partial charge on any atom is -0.364 e. The van der Waals surface area contributed by atoms with Crippen LogP contribution < -0.4 is 10.9 Å². The van der Waals surface area contributed by atoms with Crippen molar-refractivity contribution in [3.05, 3.63) is 29.3 Å². The number of benzene rings is 1. The Kier molecular flexibility index (Phi) is 4.12. The minimum absolute atomic E-state index is 0.0639. The van der Waals surface area contributed by atoms with Crippen molar-refractivity contribution in [3.8, 4) is 0 Å². The van der Waals surface area contributed by atoms with Gasteiger partial charge in [-0.1, -0.05) is 12.1 Å². The Morgan fingerprint density at radius 2 is 2.10 bits per heavy atom. The van der Waals surface area contributed by atoms with Gasteiger partial charge in [-0.2, -0.15) is 0 Å². The number of rotatable bonds is 5. The second kappa shape index (κ2) is 6.19. The van der Waals surface area contributed by atoms with Crippen LogP contribution in [0, 0.1) is 5.92 Å². The average molecular weight is 305 g/mol. The molecule has 1 fully saturated rings. The summed E-state index contributed by atoms with van der Waals surface area (Å²) in [4.78, 5) is 27.2. The van der Waals surface area contributed by atoms with Gasteiger partial charge in [-0.3, -0.25) is 20.4 Å². The molecule has 2 aromatic rings. The van der Waals surface area contributed by atoms with Gasteiger partial charge >= 0.3 is 0 Å². The van der Waals surface area contributed by atoms with E-state index in [9.17, 15) is 9.59 Å². The fourth-order valence-corrected chi connectivity index (χ4v) is 2.73. The molecule has 110 valence electrons. The van der Waals surface area contributed by atoms with Crippen LogP contribution in [0.2, 0.25) is 0 Å². The fraction of sp³-hybridized carbons (Fsp3) is 0.357. The third kappa shape index (κ3) is 3.77. The summed E-state index contributed by atoms with van der Waals surface area (Å²) in [6.45, 7) is 0.171. The molecule has 3 rings (SSSR count). The smallest absolute Gasteiger partial charge is 0.264 e. The molecule has 1 aromatic carbocycles. The summed E-state index contributed by atoms with van der Waals surface area (Å²) >= 11 is 1.54. The summed E-state index contributed by atoms with van der Waals surface area (Å²) in [5.74, 6) is -0.436. The van der Waals surface area contributed by atoms with Gasteiger partial charge in [-0.05, 0) is 25.0 Å². The van der Waals surface area contributed by atoms with Gasteiger partial charge in [-0.15, -0.1) is 11.3 Å². The maximum absolute atomic E-state index is 11.5. The monoisotopic (exact) mass is 305 g/mol. The number of amides is 2. The number of hydrogen-bond donors (Lipinski definition) is 2. The number of thiazole rings is 1. The van der Waals surface area contributed by atoms with Crippen molar-refractivity contribution in [2.45, 2.75) is 19.4 Å². The fourth-order valence-electron chi connectivity index (χ4n) is 1.83. The zero-order chi connectivity index (χ0) is 14.7. The highest BCUT2D eigenvalue weighted by Crippen LogP contribution is 2.28. The van der Waals surface area contributed by atoms with Crippen LogP contribution in [-0.2, 0) is 20.9 Å². The Morgan fingerprint density at radius 1 is 1.29 bits per heavy atom. The molecule has 0 saturated heterocycles. The highest BCUT2D eigenvalue weighted by Gasteiger charge is 2.29. The summed E-state index contributed by atoms with van der Waals surface area (Å²) in [6, 6.07) is 7.83. The molecule has 2 N–H and O–H groups in total. The lowest BCUT2D eigenvalue weighted by molar-refractivity contribution is -0.132. The molecule has 0 spiro atoms. The number of fused-ring (bicyclic) bond motifs is 1. The van der Waals surface area contributed by atoms with E-state index in [1.807, 2.05) is 24.3 Å². The second-order valence-corrected chi connectivity index (χ2v) is 6.00. The molecule has 0 atom stereocenters. The first-order valence-electron chi connectivity index (χ1n) is 6.73. The lowest BCUT2D eigenvalue weighted by atomic mass is 10.3. The van der Waals surface area contributed by atoms with Gasteiger partial charge < -0.3 is 4.74 Å². The molecule has 0 radical (unpaired) electrons. The molecule has 6 nitrogen and oxygen atoms in total. The van der Waals surface area contributed by atoms with Gasteiger partial charge in [0.15, 0.2) is 0 Å². The van der Waals surface area contributed by atoms with E-state index in [4.69, 9.17) is 4.74 Å². The molecule has 7 heteroatoms. The Morgan fingerprint density at radius 3 is 2.86 bits per heavy atom. The van der Waals surface area contributed by atoms with Gasteiger partial charge in [-0.25, -0.2) is 4.98 Å². The molecule has 1 aromatic heterocycles. The van der Waals surface area contributed by atoms with Gasteiger partial charge in [0.1, 0.15) is 11.6 Å². The van der Waals surface area contributed by atoms with Crippen molar-refractivity contribution in [2.75, 3.05) is 6.61 Å². The summed E-state index contributed by atoms with van der Waals surface area (Å²) in [5, 5.41) is 0.825. The van der Waals surface area contributed by atoms with Crippen molar-refractivity contribution >= 4 is 33.4 Å². The zero-order valence-electron chi connectivity index (χ0n) is 11.3. The molecule has 1 aliphatic carbocycles. The number of ether oxygens (including phenoxy) is 1. The van der Waals surface area contributed by atoms with E-state index in [1.165, 1.54) is 0 Å². The second-order valence-electron chi connectivity index (χ2n) is 4.88. The van der Waals surface area contributed by atoms with Crippen molar-refractivity contribution in [1.29, 1.82) is 0 Å². The van der Waals surface area contributed by atoms with Gasteiger partial charge in [0, 0.05) is 5.92 Å². The van der Waals surface area contributed by atoms with E-state index in [1.54, 1.807) is 11.3 Å². The van der Waals surface area contributed by atoms with Crippen LogP contribution in [0.5, 0.6) is 0 Å². The first-order chi connectivity index (χ1) is 10.2. The van der Waals surface area contributed by atoms with Crippen LogP contribution in [0.1, 0.15) is 17.8 Å². The summed E-state index contributed by atoms with van der Waals surface area (Å²) in [5.41, 5.74) is 5.65. The number of carbonyl (C=O) groups excluding carboxylic acids is 2. The van der Waals surface area contributed by atoms with Crippen molar-refractivity contribution in [2.24, 2.45) is 5.92 Å². The minimum atomic E-state index is -0.370. The van der Waals surface area contributed by atoms with Crippen LogP contribution >= 0.6 is 11.3 Å². The summed E-state index contributed by atoms with van der Waals surface area (Å²) in [6.07, 6.45) is 1.80. The number of nitrogens with one attached hydrogen (secondary N) is 2. The highest BCUT2D eigenvalue weighted by atomic mass is 32.1. The van der Waals surface area contributed by atoms with Crippen LogP contribution in [0.25, 0.3) is 10.2 Å². The predicted molar refractivity (Wildman–Crippen MR) is 78.3 cm³/mol. The lowest BCUT2D eigenvalue weighted by Crippen LogP contribution is -2.44. The van der Waals surface area contributed by atoms with Gasteiger partial charge in [0.05, 0.1) is 16.8 Å². The first kappa shape index (κ1) is 14.0. The van der Waals surface area contributed by atoms with Crippen LogP contribution in [0.3, 0.4) is 0 Å². The maximum Gasteiger partial charge on any atom is 0.264 e. The van der Waals surface area contributed by atoms with E-state index in [-0.39, 0.29) is 30.9 Å². The third-order valence-electron chi connectivity index (χ3n) is 3.07. The molecular weight excluding hydrogens is 290 g/mol. The number of para-hydroxylation sites is 1. The number of nitrogens with zero attached hydrogens (tertiary/aromatic N) is 1. The molecule has 0 bridgehead atoms. The summed E-state index contributed by atoms with van der Waals surface area (Å²) < 4.78 is 6.40. The van der Waals surface area contributed by atoms with E-state index < -0.39 is 0 Å². The van der Waals surface area contributed by atoms with E-state index >= 15 is 0 Å². The quantitative estimate of drug-likeness (QED) is 0.818. The van der Waals surface area contributed by atoms with Gasteiger partial charge in [0.2, 0.25) is 5.91 Å². The van der Waals surface area contributed by atoms with E-state index in [0.717, 1.165) is 28.1 Å². The molecule has 1 saturated carbocycles. The SMILES string of the molecule is O=C(COCc1nc2ccccc2s1)NNC(=O)C1CC1. The van der Waals surface area contributed by atoms with Crippen molar-refractivity contribution < 1.29 is 14.3 Å². The van der Waals surface area contributed by atoms with Crippen molar-refractivity contribution in [3.63, 3.8) is 0 Å². The standard InChI is InChI=1S/C14H15N3O3S/c18-12(16-17-14(19)9-5-6-9)7-20-8-13-15-10-3-1-2-4-11(10)21-13/h1-4,9H,5-8H2,(H,16,18)(H,17,19). The van der Waals surface area contributed by atoms with Gasteiger partial charge in [0.25, 0.3) is 5.91 Å². The van der Waals surface area contributed by atoms with Crippen LogP contribution in [0.4, 0.5) is 0 Å². The molecule has 2 amide bonds. The third-order valence-corrected chi connectivity index (χ3v) is 4.08. The Hall–Kier alpha value is -1.99. The molecule has 0 aliphatic heterocycles. The number of aromatic nitrogens is 1. The van der Waals surface area contributed by atoms with E-state index in [0.29, 0.717) is 0 Å². The lowest BCUT2D eigenvalue weighted by Gasteiger charge is -2.06. The highest BCUT2D eigenvalue weighted by molar-refractivity contribution is 7.18. The Labute approximate surface area is 125 Å². The Bertz CT molecular complexity index is 633. The molecule has 1 heterocycles. The van der Waals surface area contributed by atoms with Crippen LogP contribution in [0.15, 0.2) is 24.3 Å².